The Balaban J connectivity index is 2.89. The van der Waals surface area contributed by atoms with Crippen molar-refractivity contribution in [2.45, 2.75) is 18.6 Å². The van der Waals surface area contributed by atoms with Crippen LogP contribution in [0.1, 0.15) is 12.8 Å². The van der Waals surface area contributed by atoms with Crippen molar-refractivity contribution in [1.29, 1.82) is 0 Å². The van der Waals surface area contributed by atoms with E-state index < -0.39 is 14.8 Å². The summed E-state index contributed by atoms with van der Waals surface area (Å²) in [4.78, 5) is 0. The molecule has 0 saturated carbocycles. The zero-order valence-electron chi connectivity index (χ0n) is 6.67. The van der Waals surface area contributed by atoms with E-state index in [-0.39, 0.29) is 6.61 Å². The average Bonchev–Trinajstić information content (AvgIpc) is 1.98. The highest BCUT2D eigenvalue weighted by Crippen LogP contribution is 1.91. The molecule has 60 valence electrons. The first-order valence-electron chi connectivity index (χ1n) is 3.56. The monoisotopic (exact) mass is 162 g/mol. The third-order valence-electron chi connectivity index (χ3n) is 1.24. The highest BCUT2D eigenvalue weighted by molar-refractivity contribution is 6.42. The molecule has 0 bridgehead atoms. The van der Waals surface area contributed by atoms with Crippen LogP contribution in [-0.4, -0.2) is 40.2 Å². The van der Waals surface area contributed by atoms with Crippen LogP contribution in [-0.2, 0) is 7.58 Å². The summed E-state index contributed by atoms with van der Waals surface area (Å²) in [5.41, 5.74) is 0. The summed E-state index contributed by atoms with van der Waals surface area (Å²) < 4.78 is 10.3. The van der Waals surface area contributed by atoms with Gasteiger partial charge in [0.05, 0.1) is 0 Å². The molecular weight excluding hydrogens is 147 g/mol. The normalized spacial score (nSPS) is 9.90. The first-order chi connectivity index (χ1) is 4.81. The van der Waals surface area contributed by atoms with E-state index in [1.165, 1.54) is 0 Å². The quantitative estimate of drug-likeness (QED) is 0.457. The molecule has 1 N–H and O–H groups in total. The topological polar surface area (TPSA) is 38.7 Å². The van der Waals surface area contributed by atoms with Gasteiger partial charge in [-0.1, -0.05) is 5.79 Å². The van der Waals surface area contributed by atoms with Crippen LogP contribution in [0.3, 0.4) is 0 Å². The minimum Gasteiger partial charge on any atom is -0.481 e. The molecule has 0 fully saturated rings. The smallest absolute Gasteiger partial charge is 0.481 e. The first kappa shape index (κ1) is 10.4. The number of hydrogen-bond donors (Lipinski definition) is 1. The maximum atomic E-state index is 8.41. The van der Waals surface area contributed by atoms with Gasteiger partial charge in [-0.3, -0.25) is 0 Å². The van der Waals surface area contributed by atoms with Crippen LogP contribution >= 0.6 is 0 Å². The largest absolute Gasteiger partial charge is 0.670 e. The number of aliphatic hydroxyl groups is 1. The molecule has 0 atom stereocenters. The molecule has 0 spiro atoms. The average molecular weight is 162 g/mol. The van der Waals surface area contributed by atoms with E-state index in [0.717, 1.165) is 19.4 Å². The van der Waals surface area contributed by atoms with Gasteiger partial charge in [0.2, 0.25) is 0 Å². The lowest BCUT2D eigenvalue weighted by atomic mass is 10.3. The minimum atomic E-state index is -1.31. The Morgan fingerprint density at radius 3 is 2.60 bits per heavy atom. The van der Waals surface area contributed by atoms with Crippen LogP contribution < -0.4 is 0 Å². The number of unbranched alkanes of at least 4 members (excludes halogenated alkanes) is 1. The van der Waals surface area contributed by atoms with Crippen molar-refractivity contribution < 1.29 is 12.7 Å². The molecule has 0 aliphatic carbocycles. The Labute approximate surface area is 67.0 Å². The van der Waals surface area contributed by atoms with Crippen molar-refractivity contribution in [3.8, 4) is 0 Å². The third-order valence-corrected chi connectivity index (χ3v) is 2.61. The fraction of sp³-hybridized carbons (Fsp3) is 1.00. The van der Waals surface area contributed by atoms with Gasteiger partial charge in [0.15, 0.2) is 0 Å². The van der Waals surface area contributed by atoms with E-state index in [1.807, 2.05) is 5.79 Å². The second kappa shape index (κ2) is 7.52. The summed E-state index contributed by atoms with van der Waals surface area (Å²) in [5.74, 6) is 1.99. The van der Waals surface area contributed by atoms with Crippen LogP contribution in [0.15, 0.2) is 0 Å². The molecule has 0 rings (SSSR count). The predicted octanol–water partition coefficient (Wildman–Crippen LogP) is 0.540. The van der Waals surface area contributed by atoms with E-state index >= 15 is 0 Å². The first-order valence-corrected chi connectivity index (χ1v) is 5.66. The van der Waals surface area contributed by atoms with Gasteiger partial charge >= 0.3 is 14.8 Å². The van der Waals surface area contributed by atoms with Crippen LogP contribution in [0.25, 0.3) is 0 Å². The number of aliphatic hydroxyl groups excluding tert-OH is 1. The Bertz CT molecular complexity index is 70.0. The summed E-state index contributed by atoms with van der Waals surface area (Å²) in [5, 5.41) is 8.41. The summed E-state index contributed by atoms with van der Waals surface area (Å²) in [7, 11) is 1.67. The van der Waals surface area contributed by atoms with Crippen LogP contribution in [0.2, 0.25) is 5.79 Å². The molecule has 10 heavy (non-hydrogen) atoms. The highest BCUT2D eigenvalue weighted by atomic mass is 27.2. The lowest BCUT2D eigenvalue weighted by Gasteiger charge is -2.04. The van der Waals surface area contributed by atoms with Crippen molar-refractivity contribution in [3.63, 3.8) is 0 Å². The van der Waals surface area contributed by atoms with E-state index in [1.54, 1.807) is 7.11 Å². The lowest BCUT2D eigenvalue weighted by molar-refractivity contribution is 0.215. The molecule has 3 nitrogen and oxygen atoms in total. The molecule has 0 saturated heterocycles. The van der Waals surface area contributed by atoms with Crippen LogP contribution in [0, 0.1) is 0 Å². The van der Waals surface area contributed by atoms with Crippen molar-refractivity contribution in [2.24, 2.45) is 0 Å². The summed E-state index contributed by atoms with van der Waals surface area (Å²) >= 11 is -1.31. The Kier molecular flexibility index (Phi) is 7.83. The van der Waals surface area contributed by atoms with Gasteiger partial charge < -0.3 is 12.7 Å². The molecule has 0 radical (unpaired) electrons. The second-order valence-corrected chi connectivity index (χ2v) is 4.04. The summed E-state index contributed by atoms with van der Waals surface area (Å²) in [6.45, 7) is 0.980. The molecule has 0 aromatic heterocycles. The molecule has 0 aromatic rings. The standard InChI is InChI=1S/C4H9O2.CH3O.CH3.Al/c5-3-1-2-4-6;1-2;;/h5H,1-4H2;1H3;1H3;/q2*-1;;+2. The number of rotatable bonds is 6. The van der Waals surface area contributed by atoms with Crippen molar-refractivity contribution in [1.82, 2.24) is 0 Å². The molecule has 0 heterocycles. The molecule has 0 unspecified atom stereocenters. The summed E-state index contributed by atoms with van der Waals surface area (Å²) in [6.07, 6.45) is 1.75. The highest BCUT2D eigenvalue weighted by Gasteiger charge is 2.13. The molecule has 0 aromatic carbocycles. The van der Waals surface area contributed by atoms with Gasteiger partial charge in [-0.15, -0.1) is 0 Å². The fourth-order valence-electron chi connectivity index (χ4n) is 0.531. The van der Waals surface area contributed by atoms with Gasteiger partial charge in [0, 0.05) is 20.3 Å². The SMILES string of the molecule is C[O][Al]([CH3])[O]CCCCO. The third kappa shape index (κ3) is 6.53. The van der Waals surface area contributed by atoms with Crippen LogP contribution in [0.5, 0.6) is 0 Å². The summed E-state index contributed by atoms with van der Waals surface area (Å²) in [6, 6.07) is 0. The van der Waals surface area contributed by atoms with Crippen molar-refractivity contribution >= 4 is 14.8 Å². The fourth-order valence-corrected chi connectivity index (χ4v) is 1.17. The van der Waals surface area contributed by atoms with Gasteiger partial charge in [-0.2, -0.15) is 0 Å². The Morgan fingerprint density at radius 1 is 1.40 bits per heavy atom. The number of hydrogen-bond acceptors (Lipinski definition) is 3. The van der Waals surface area contributed by atoms with E-state index in [0.29, 0.717) is 0 Å². The van der Waals surface area contributed by atoms with E-state index in [4.69, 9.17) is 12.7 Å². The molecule has 0 amide bonds. The molecular formula is C6H15AlO3. The lowest BCUT2D eigenvalue weighted by Crippen LogP contribution is -2.16. The van der Waals surface area contributed by atoms with E-state index in [9.17, 15) is 0 Å². The van der Waals surface area contributed by atoms with Crippen molar-refractivity contribution in [3.05, 3.63) is 0 Å². The molecule has 0 aliphatic heterocycles. The van der Waals surface area contributed by atoms with Gasteiger partial charge in [0.25, 0.3) is 0 Å². The zero-order valence-corrected chi connectivity index (χ0v) is 7.82. The molecule has 4 heteroatoms. The predicted molar refractivity (Wildman–Crippen MR) is 40.9 cm³/mol. The van der Waals surface area contributed by atoms with E-state index in [2.05, 4.69) is 0 Å². The van der Waals surface area contributed by atoms with Gasteiger partial charge in [0.1, 0.15) is 0 Å². The Hall–Kier alpha value is 0.412. The maximum absolute atomic E-state index is 8.41. The minimum absolute atomic E-state index is 0.256. The molecule has 0 aliphatic rings. The van der Waals surface area contributed by atoms with Crippen LogP contribution in [0.4, 0.5) is 0 Å². The Morgan fingerprint density at radius 2 is 2.10 bits per heavy atom. The van der Waals surface area contributed by atoms with Gasteiger partial charge in [-0.25, -0.2) is 0 Å². The van der Waals surface area contributed by atoms with Gasteiger partial charge in [-0.05, 0) is 12.8 Å². The zero-order chi connectivity index (χ0) is 7.82. The second-order valence-electron chi connectivity index (χ2n) is 2.10. The van der Waals surface area contributed by atoms with Crippen molar-refractivity contribution in [2.75, 3.05) is 20.3 Å². The maximum Gasteiger partial charge on any atom is 0.670 e.